The van der Waals surface area contributed by atoms with E-state index in [1.807, 2.05) is 14.5 Å². The van der Waals surface area contributed by atoms with Crippen LogP contribution in [0.25, 0.3) is 0 Å². The van der Waals surface area contributed by atoms with E-state index in [4.69, 9.17) is 5.10 Å². The van der Waals surface area contributed by atoms with Crippen LogP contribution in [0.15, 0.2) is 18.2 Å². The number of hydrogen-bond donors (Lipinski definition) is 1. The van der Waals surface area contributed by atoms with Crippen LogP contribution < -0.4 is 4.90 Å². The summed E-state index contributed by atoms with van der Waals surface area (Å²) in [4.78, 5) is 33.0. The standard InChI is InChI=1S/C29H39N5O3/c1-20-5-3-7-24(21(20)2)31-13-15-32(16-14-31)26(36)18-34-25-8-4-6-23(25)27(30-34)28(37)33-11-9-29(10-12-33)17-22(29)19-35/h3,5,7,22,35H,4,6,8-19H2,1-2H3. The molecule has 2 aliphatic heterocycles. The maximum atomic E-state index is 13.5. The Morgan fingerprint density at radius 2 is 1.78 bits per heavy atom. The number of amides is 2. The van der Waals surface area contributed by atoms with Gasteiger partial charge in [0.05, 0.1) is 0 Å². The van der Waals surface area contributed by atoms with Crippen LogP contribution >= 0.6 is 0 Å². The van der Waals surface area contributed by atoms with E-state index in [9.17, 15) is 14.7 Å². The molecule has 1 N–H and O–H groups in total. The van der Waals surface area contributed by atoms with E-state index in [1.54, 1.807) is 0 Å². The molecule has 37 heavy (non-hydrogen) atoms. The monoisotopic (exact) mass is 505 g/mol. The zero-order chi connectivity index (χ0) is 25.7. The van der Waals surface area contributed by atoms with E-state index in [1.165, 1.54) is 16.8 Å². The van der Waals surface area contributed by atoms with Gasteiger partial charge in [0, 0.05) is 62.8 Å². The summed E-state index contributed by atoms with van der Waals surface area (Å²) in [6.45, 7) is 9.30. The molecule has 3 fully saturated rings. The molecule has 0 radical (unpaired) electrons. The molecule has 0 bridgehead atoms. The largest absolute Gasteiger partial charge is 0.396 e. The molecule has 1 saturated carbocycles. The molecule has 1 atom stereocenters. The van der Waals surface area contributed by atoms with Gasteiger partial charge in [0.25, 0.3) is 5.91 Å². The predicted octanol–water partition coefficient (Wildman–Crippen LogP) is 2.57. The number of carbonyl (C=O) groups is 2. The topological polar surface area (TPSA) is 81.9 Å². The molecule has 2 aliphatic carbocycles. The summed E-state index contributed by atoms with van der Waals surface area (Å²) in [6, 6.07) is 6.41. The van der Waals surface area contributed by atoms with Crippen molar-refractivity contribution in [2.24, 2.45) is 11.3 Å². The normalized spacial score (nSPS) is 22.5. The number of piperidine rings is 1. The van der Waals surface area contributed by atoms with Crippen LogP contribution in [0.4, 0.5) is 5.69 Å². The Labute approximate surface area is 219 Å². The lowest BCUT2D eigenvalue weighted by Crippen LogP contribution is -2.50. The second kappa shape index (κ2) is 9.46. The highest BCUT2D eigenvalue weighted by Gasteiger charge is 2.54. The summed E-state index contributed by atoms with van der Waals surface area (Å²) in [5.74, 6) is 0.518. The van der Waals surface area contributed by atoms with Crippen molar-refractivity contribution in [3.8, 4) is 0 Å². The van der Waals surface area contributed by atoms with Crippen LogP contribution in [0.3, 0.4) is 0 Å². The first-order valence-electron chi connectivity index (χ1n) is 14.0. The van der Waals surface area contributed by atoms with Gasteiger partial charge in [0.15, 0.2) is 5.69 Å². The zero-order valence-corrected chi connectivity index (χ0v) is 22.2. The number of likely N-dealkylation sites (tertiary alicyclic amines) is 1. The molecule has 2 saturated heterocycles. The minimum atomic E-state index is 0.0162. The first-order valence-corrected chi connectivity index (χ1v) is 14.0. The summed E-state index contributed by atoms with van der Waals surface area (Å²) in [6.07, 6.45) is 5.79. The molecule has 1 aromatic heterocycles. The van der Waals surface area contributed by atoms with Crippen molar-refractivity contribution in [1.82, 2.24) is 19.6 Å². The second-order valence-corrected chi connectivity index (χ2v) is 11.6. The van der Waals surface area contributed by atoms with Crippen molar-refractivity contribution in [2.45, 2.75) is 58.9 Å². The fourth-order valence-electron chi connectivity index (χ4n) is 6.92. The van der Waals surface area contributed by atoms with Gasteiger partial charge in [0.1, 0.15) is 6.54 Å². The van der Waals surface area contributed by atoms with Gasteiger partial charge in [-0.3, -0.25) is 14.3 Å². The number of aliphatic hydroxyl groups is 1. The third-order valence-corrected chi connectivity index (χ3v) is 9.67. The Hall–Kier alpha value is -2.87. The first kappa shape index (κ1) is 24.5. The van der Waals surface area contributed by atoms with Crippen molar-refractivity contribution in [1.29, 1.82) is 0 Å². The van der Waals surface area contributed by atoms with Crippen LogP contribution in [0, 0.1) is 25.2 Å². The maximum absolute atomic E-state index is 13.5. The molecule has 1 spiro atoms. The van der Waals surface area contributed by atoms with E-state index in [2.05, 4.69) is 36.9 Å². The number of aryl methyl sites for hydroxylation is 1. The number of aromatic nitrogens is 2. The average molecular weight is 506 g/mol. The molecule has 198 valence electrons. The van der Waals surface area contributed by atoms with Crippen molar-refractivity contribution in [3.05, 3.63) is 46.3 Å². The lowest BCUT2D eigenvalue weighted by atomic mass is 9.91. The predicted molar refractivity (Wildman–Crippen MR) is 142 cm³/mol. The van der Waals surface area contributed by atoms with E-state index in [0.29, 0.717) is 24.7 Å². The molecule has 1 unspecified atom stereocenters. The molecular weight excluding hydrogens is 466 g/mol. The number of anilines is 1. The van der Waals surface area contributed by atoms with Crippen LogP contribution in [0.5, 0.6) is 0 Å². The number of hydrogen-bond acceptors (Lipinski definition) is 5. The number of carbonyl (C=O) groups excluding carboxylic acids is 2. The van der Waals surface area contributed by atoms with E-state index >= 15 is 0 Å². The Morgan fingerprint density at radius 3 is 2.49 bits per heavy atom. The highest BCUT2D eigenvalue weighted by atomic mass is 16.3. The number of aliphatic hydroxyl groups excluding tert-OH is 1. The molecule has 1 aromatic carbocycles. The van der Waals surface area contributed by atoms with Gasteiger partial charge in [-0.25, -0.2) is 0 Å². The summed E-state index contributed by atoms with van der Waals surface area (Å²) in [5, 5.41) is 14.2. The highest BCUT2D eigenvalue weighted by molar-refractivity contribution is 5.94. The highest BCUT2D eigenvalue weighted by Crippen LogP contribution is 2.59. The molecule has 8 heteroatoms. The molecule has 4 aliphatic rings. The van der Waals surface area contributed by atoms with Gasteiger partial charge in [0.2, 0.25) is 5.91 Å². The zero-order valence-electron chi connectivity index (χ0n) is 22.2. The molecule has 3 heterocycles. The number of piperazine rings is 1. The Balaban J connectivity index is 1.10. The van der Waals surface area contributed by atoms with E-state index in [0.717, 1.165) is 76.0 Å². The van der Waals surface area contributed by atoms with Crippen molar-refractivity contribution in [2.75, 3.05) is 50.8 Å². The minimum absolute atomic E-state index is 0.0162. The third kappa shape index (κ3) is 4.33. The SMILES string of the molecule is Cc1cccc(N2CCN(C(=O)Cn3nc(C(=O)N4CCC5(CC4)CC5CO)c4c3CCC4)CC2)c1C. The average Bonchev–Trinajstić information content (AvgIpc) is 3.22. The second-order valence-electron chi connectivity index (χ2n) is 11.6. The third-order valence-electron chi connectivity index (χ3n) is 9.67. The van der Waals surface area contributed by atoms with E-state index < -0.39 is 0 Å². The molecular formula is C29H39N5O3. The van der Waals surface area contributed by atoms with Gasteiger partial charge in [-0.15, -0.1) is 0 Å². The van der Waals surface area contributed by atoms with Gasteiger partial charge in [-0.05, 0) is 80.9 Å². The van der Waals surface area contributed by atoms with Crippen molar-refractivity contribution >= 4 is 17.5 Å². The van der Waals surface area contributed by atoms with Crippen LogP contribution in [-0.2, 0) is 24.2 Å². The van der Waals surface area contributed by atoms with Crippen molar-refractivity contribution < 1.29 is 14.7 Å². The summed E-state index contributed by atoms with van der Waals surface area (Å²) < 4.78 is 1.82. The number of fused-ring (bicyclic) bond motifs is 1. The molecule has 8 nitrogen and oxygen atoms in total. The van der Waals surface area contributed by atoms with E-state index in [-0.39, 0.29) is 30.4 Å². The smallest absolute Gasteiger partial charge is 0.274 e. The molecule has 2 aromatic rings. The number of benzene rings is 1. The molecule has 6 rings (SSSR count). The van der Waals surface area contributed by atoms with Gasteiger partial charge >= 0.3 is 0 Å². The van der Waals surface area contributed by atoms with Gasteiger partial charge in [-0.1, -0.05) is 12.1 Å². The van der Waals surface area contributed by atoms with Crippen molar-refractivity contribution in [3.63, 3.8) is 0 Å². The Morgan fingerprint density at radius 1 is 1.03 bits per heavy atom. The summed E-state index contributed by atoms with van der Waals surface area (Å²) in [5.41, 5.74) is 6.81. The van der Waals surface area contributed by atoms with Gasteiger partial charge < -0.3 is 19.8 Å². The summed E-state index contributed by atoms with van der Waals surface area (Å²) >= 11 is 0. The maximum Gasteiger partial charge on any atom is 0.274 e. The quantitative estimate of drug-likeness (QED) is 0.676. The lowest BCUT2D eigenvalue weighted by molar-refractivity contribution is -0.132. The number of rotatable bonds is 5. The summed E-state index contributed by atoms with van der Waals surface area (Å²) in [7, 11) is 0. The Kier molecular flexibility index (Phi) is 6.25. The fourth-order valence-corrected chi connectivity index (χ4v) is 6.92. The first-order chi connectivity index (χ1) is 17.9. The van der Waals surface area contributed by atoms with Crippen LogP contribution in [0.1, 0.15) is 58.6 Å². The fraction of sp³-hybridized carbons (Fsp3) is 0.621. The minimum Gasteiger partial charge on any atom is -0.396 e. The van der Waals surface area contributed by atoms with Crippen LogP contribution in [-0.4, -0.2) is 82.4 Å². The molecule has 2 amide bonds. The van der Waals surface area contributed by atoms with Crippen LogP contribution in [0.2, 0.25) is 0 Å². The van der Waals surface area contributed by atoms with Gasteiger partial charge in [-0.2, -0.15) is 5.10 Å². The lowest BCUT2D eigenvalue weighted by Gasteiger charge is -2.37. The Bertz CT molecular complexity index is 1200. The number of nitrogens with zero attached hydrogens (tertiary/aromatic N) is 5.